The molecule has 1 aliphatic rings. The lowest BCUT2D eigenvalue weighted by molar-refractivity contribution is 0.303. The highest BCUT2D eigenvalue weighted by molar-refractivity contribution is 7.89. The van der Waals surface area contributed by atoms with Crippen LogP contribution in [0.2, 0.25) is 0 Å². The highest BCUT2D eigenvalue weighted by Crippen LogP contribution is 2.22. The van der Waals surface area contributed by atoms with Gasteiger partial charge >= 0.3 is 0 Å². The molecule has 0 saturated carbocycles. The quantitative estimate of drug-likeness (QED) is 0.790. The molecule has 2 aromatic heterocycles. The van der Waals surface area contributed by atoms with Gasteiger partial charge in [0.15, 0.2) is 0 Å². The summed E-state index contributed by atoms with van der Waals surface area (Å²) in [4.78, 5) is 8.53. The van der Waals surface area contributed by atoms with Gasteiger partial charge in [0, 0.05) is 45.0 Å². The maximum absolute atomic E-state index is 12.7. The van der Waals surface area contributed by atoms with Crippen LogP contribution in [0.5, 0.6) is 5.88 Å². The highest BCUT2D eigenvalue weighted by atomic mass is 32.2. The predicted molar refractivity (Wildman–Crippen MR) is 89.3 cm³/mol. The third-order valence-electron chi connectivity index (χ3n) is 4.26. The summed E-state index contributed by atoms with van der Waals surface area (Å²) in [7, 11) is -1.92. The minimum atomic E-state index is -3.54. The number of hydrogen-bond acceptors (Lipinski definition) is 5. The molecule has 0 radical (unpaired) electrons. The summed E-state index contributed by atoms with van der Waals surface area (Å²) >= 11 is 0. The third-order valence-corrected chi connectivity index (χ3v) is 6.06. The van der Waals surface area contributed by atoms with Crippen LogP contribution < -0.4 is 4.74 Å². The summed E-state index contributed by atoms with van der Waals surface area (Å²) in [6.45, 7) is 3.64. The van der Waals surface area contributed by atoms with Crippen molar-refractivity contribution in [2.45, 2.75) is 31.2 Å². The standard InChI is InChI=1S/C16H22N4O3S/c1-3-23-16-7-5-14(10-18-16)24(21,22)19(2)11-13-4-6-15-17-8-9-20(15)12-13/h5,7-10,13H,3-4,6,11-12H2,1-2H3. The van der Waals surface area contributed by atoms with E-state index in [4.69, 9.17) is 4.74 Å². The van der Waals surface area contributed by atoms with Gasteiger partial charge in [0.2, 0.25) is 15.9 Å². The van der Waals surface area contributed by atoms with E-state index in [1.165, 1.54) is 10.5 Å². The van der Waals surface area contributed by atoms with Crippen LogP contribution in [0.15, 0.2) is 35.6 Å². The van der Waals surface area contributed by atoms with Gasteiger partial charge in [-0.05, 0) is 25.3 Å². The monoisotopic (exact) mass is 350 g/mol. The topological polar surface area (TPSA) is 77.3 Å². The molecule has 0 N–H and O–H groups in total. The molecule has 1 unspecified atom stereocenters. The molecular weight excluding hydrogens is 328 g/mol. The number of nitrogens with zero attached hydrogens (tertiary/aromatic N) is 4. The third kappa shape index (κ3) is 3.44. The van der Waals surface area contributed by atoms with E-state index < -0.39 is 10.0 Å². The Hall–Kier alpha value is -1.93. The van der Waals surface area contributed by atoms with Gasteiger partial charge in [0.05, 0.1) is 12.8 Å². The minimum Gasteiger partial charge on any atom is -0.478 e. The smallest absolute Gasteiger partial charge is 0.244 e. The first-order valence-electron chi connectivity index (χ1n) is 8.06. The number of rotatable bonds is 6. The van der Waals surface area contributed by atoms with E-state index in [-0.39, 0.29) is 10.8 Å². The van der Waals surface area contributed by atoms with Crippen molar-refractivity contribution in [3.8, 4) is 5.88 Å². The lowest BCUT2D eigenvalue weighted by atomic mass is 10.00. The maximum atomic E-state index is 12.7. The molecular formula is C16H22N4O3S. The molecule has 2 aromatic rings. The van der Waals surface area contributed by atoms with Gasteiger partial charge in [-0.25, -0.2) is 22.7 Å². The van der Waals surface area contributed by atoms with Crippen LogP contribution in [0.3, 0.4) is 0 Å². The molecule has 3 heterocycles. The van der Waals surface area contributed by atoms with Crippen LogP contribution in [-0.2, 0) is 23.0 Å². The molecule has 1 aliphatic heterocycles. The van der Waals surface area contributed by atoms with Crippen molar-refractivity contribution in [1.82, 2.24) is 18.8 Å². The fourth-order valence-electron chi connectivity index (χ4n) is 2.98. The van der Waals surface area contributed by atoms with E-state index in [9.17, 15) is 8.42 Å². The Morgan fingerprint density at radius 2 is 2.21 bits per heavy atom. The summed E-state index contributed by atoms with van der Waals surface area (Å²) < 4.78 is 34.2. The van der Waals surface area contributed by atoms with Gasteiger partial charge in [-0.3, -0.25) is 0 Å². The van der Waals surface area contributed by atoms with Gasteiger partial charge in [0.25, 0.3) is 0 Å². The van der Waals surface area contributed by atoms with Crippen molar-refractivity contribution < 1.29 is 13.2 Å². The molecule has 0 saturated heterocycles. The van der Waals surface area contributed by atoms with Gasteiger partial charge < -0.3 is 9.30 Å². The summed E-state index contributed by atoms with van der Waals surface area (Å²) in [6.07, 6.45) is 6.93. The predicted octanol–water partition coefficient (Wildman–Crippen LogP) is 1.56. The van der Waals surface area contributed by atoms with Crippen molar-refractivity contribution in [2.24, 2.45) is 5.92 Å². The average Bonchev–Trinajstić information content (AvgIpc) is 3.03. The van der Waals surface area contributed by atoms with Gasteiger partial charge in [-0.1, -0.05) is 0 Å². The van der Waals surface area contributed by atoms with Crippen molar-refractivity contribution in [1.29, 1.82) is 0 Å². The normalized spacial score (nSPS) is 17.7. The Morgan fingerprint density at radius 1 is 1.38 bits per heavy atom. The van der Waals surface area contributed by atoms with E-state index in [0.29, 0.717) is 19.0 Å². The number of sulfonamides is 1. The lowest BCUT2D eigenvalue weighted by Gasteiger charge is -2.27. The molecule has 0 amide bonds. The zero-order valence-electron chi connectivity index (χ0n) is 13.9. The number of fused-ring (bicyclic) bond motifs is 1. The molecule has 3 rings (SSSR count). The Morgan fingerprint density at radius 3 is 2.92 bits per heavy atom. The van der Waals surface area contributed by atoms with E-state index in [1.807, 2.05) is 13.1 Å². The largest absolute Gasteiger partial charge is 0.478 e. The lowest BCUT2D eigenvalue weighted by Crippen LogP contribution is -2.35. The van der Waals surface area contributed by atoms with Gasteiger partial charge in [-0.2, -0.15) is 0 Å². The first kappa shape index (κ1) is 16.9. The fourth-order valence-corrected chi connectivity index (χ4v) is 4.17. The average molecular weight is 350 g/mol. The number of ether oxygens (including phenoxy) is 1. The van der Waals surface area contributed by atoms with Crippen molar-refractivity contribution in [3.63, 3.8) is 0 Å². The summed E-state index contributed by atoms with van der Waals surface area (Å²) in [6, 6.07) is 3.13. The zero-order chi connectivity index (χ0) is 17.2. The summed E-state index contributed by atoms with van der Waals surface area (Å²) in [5.74, 6) is 1.79. The van der Waals surface area contributed by atoms with Gasteiger partial charge in [0.1, 0.15) is 10.7 Å². The first-order chi connectivity index (χ1) is 11.5. The molecule has 0 aromatic carbocycles. The van der Waals surface area contributed by atoms with E-state index >= 15 is 0 Å². The number of imidazole rings is 1. The van der Waals surface area contributed by atoms with Crippen LogP contribution in [0, 0.1) is 5.92 Å². The number of pyridine rings is 1. The molecule has 24 heavy (non-hydrogen) atoms. The molecule has 0 spiro atoms. The van der Waals surface area contributed by atoms with E-state index in [2.05, 4.69) is 14.5 Å². The second-order valence-corrected chi connectivity index (χ2v) is 8.00. The molecule has 8 heteroatoms. The Labute approximate surface area is 142 Å². The van der Waals surface area contributed by atoms with Crippen molar-refractivity contribution in [2.75, 3.05) is 20.2 Å². The Bertz CT molecular complexity index is 786. The van der Waals surface area contributed by atoms with Gasteiger partial charge in [-0.15, -0.1) is 0 Å². The molecule has 1 atom stereocenters. The summed E-state index contributed by atoms with van der Waals surface area (Å²) in [5.41, 5.74) is 0. The van der Waals surface area contributed by atoms with Crippen LogP contribution in [0.25, 0.3) is 0 Å². The Balaban J connectivity index is 1.68. The van der Waals surface area contributed by atoms with Crippen LogP contribution in [0.4, 0.5) is 0 Å². The number of hydrogen-bond donors (Lipinski definition) is 0. The number of aryl methyl sites for hydroxylation is 1. The molecule has 7 nitrogen and oxygen atoms in total. The van der Waals surface area contributed by atoms with Crippen molar-refractivity contribution >= 4 is 10.0 Å². The SMILES string of the molecule is CCOc1ccc(S(=O)(=O)N(C)CC2CCc3nccn3C2)cn1. The maximum Gasteiger partial charge on any atom is 0.244 e. The van der Waals surface area contributed by atoms with E-state index in [0.717, 1.165) is 25.2 Å². The van der Waals surface area contributed by atoms with Crippen LogP contribution in [-0.4, -0.2) is 47.5 Å². The van der Waals surface area contributed by atoms with Crippen LogP contribution in [0.1, 0.15) is 19.2 Å². The second-order valence-electron chi connectivity index (χ2n) is 5.95. The van der Waals surface area contributed by atoms with Crippen molar-refractivity contribution in [3.05, 3.63) is 36.5 Å². The number of aromatic nitrogens is 3. The molecule has 130 valence electrons. The molecule has 0 aliphatic carbocycles. The Kier molecular flexibility index (Phi) is 4.86. The molecule has 0 fully saturated rings. The highest BCUT2D eigenvalue weighted by Gasteiger charge is 2.26. The molecule has 0 bridgehead atoms. The summed E-state index contributed by atoms with van der Waals surface area (Å²) in [5, 5.41) is 0. The minimum absolute atomic E-state index is 0.188. The second kappa shape index (κ2) is 6.90. The fraction of sp³-hybridized carbons (Fsp3) is 0.500. The first-order valence-corrected chi connectivity index (χ1v) is 9.50. The van der Waals surface area contributed by atoms with Crippen LogP contribution >= 0.6 is 0 Å². The zero-order valence-corrected chi connectivity index (χ0v) is 14.7. The van der Waals surface area contributed by atoms with E-state index in [1.54, 1.807) is 25.4 Å².